The van der Waals surface area contributed by atoms with E-state index in [0.29, 0.717) is 13.1 Å². The lowest BCUT2D eigenvalue weighted by molar-refractivity contribution is -0.157. The Labute approximate surface area is 143 Å². The Hall–Kier alpha value is -2.14. The molecule has 1 aliphatic heterocycles. The first-order valence-corrected chi connectivity index (χ1v) is 8.20. The van der Waals surface area contributed by atoms with Crippen molar-refractivity contribution >= 4 is 11.9 Å². The van der Waals surface area contributed by atoms with Crippen LogP contribution in [0.15, 0.2) is 41.5 Å². The van der Waals surface area contributed by atoms with Crippen LogP contribution in [-0.2, 0) is 20.9 Å². The van der Waals surface area contributed by atoms with E-state index in [1.807, 2.05) is 45.9 Å². The maximum atomic E-state index is 12.3. The zero-order chi connectivity index (χ0) is 17.7. The van der Waals surface area contributed by atoms with E-state index in [1.165, 1.54) is 5.56 Å². The third-order valence-corrected chi connectivity index (χ3v) is 3.77. The number of benzene rings is 1. The molecule has 5 nitrogen and oxygen atoms in total. The molecule has 24 heavy (non-hydrogen) atoms. The highest BCUT2D eigenvalue weighted by atomic mass is 16.6. The van der Waals surface area contributed by atoms with Gasteiger partial charge in [-0.05, 0) is 38.8 Å². The van der Waals surface area contributed by atoms with Gasteiger partial charge in [-0.1, -0.05) is 30.3 Å². The standard InChI is InChI=1S/C19H26N2O3/c1-14-16(11-20-10-15-8-6-5-7-9-15)12-21(18(14)23)13-17(22)24-19(2,3)4/h5-9,20H,10-13H2,1-4H3. The van der Waals surface area contributed by atoms with E-state index in [4.69, 9.17) is 4.74 Å². The molecule has 1 aromatic carbocycles. The van der Waals surface area contributed by atoms with Gasteiger partial charge in [0, 0.05) is 25.2 Å². The maximum Gasteiger partial charge on any atom is 0.326 e. The average Bonchev–Trinajstić information content (AvgIpc) is 2.75. The van der Waals surface area contributed by atoms with Gasteiger partial charge in [0.2, 0.25) is 5.91 Å². The van der Waals surface area contributed by atoms with Gasteiger partial charge >= 0.3 is 5.97 Å². The number of hydrogen-bond donors (Lipinski definition) is 1. The fourth-order valence-corrected chi connectivity index (χ4v) is 2.61. The van der Waals surface area contributed by atoms with E-state index in [-0.39, 0.29) is 18.4 Å². The van der Waals surface area contributed by atoms with E-state index in [9.17, 15) is 9.59 Å². The monoisotopic (exact) mass is 330 g/mol. The van der Waals surface area contributed by atoms with Crippen molar-refractivity contribution in [3.8, 4) is 0 Å². The third-order valence-electron chi connectivity index (χ3n) is 3.77. The highest BCUT2D eigenvalue weighted by molar-refractivity contribution is 5.98. The number of hydrogen-bond acceptors (Lipinski definition) is 4. The Balaban J connectivity index is 1.84. The van der Waals surface area contributed by atoms with E-state index >= 15 is 0 Å². The molecule has 0 aliphatic carbocycles. The second-order valence-electron chi connectivity index (χ2n) is 7.07. The molecule has 1 aromatic rings. The van der Waals surface area contributed by atoms with Crippen LogP contribution in [0.3, 0.4) is 0 Å². The Morgan fingerprint density at radius 3 is 2.50 bits per heavy atom. The van der Waals surface area contributed by atoms with Gasteiger partial charge in [-0.15, -0.1) is 0 Å². The fourth-order valence-electron chi connectivity index (χ4n) is 2.61. The molecule has 0 atom stereocenters. The molecule has 0 saturated carbocycles. The normalized spacial score (nSPS) is 15.2. The lowest BCUT2D eigenvalue weighted by Gasteiger charge is -2.22. The minimum absolute atomic E-state index is 0.00434. The SMILES string of the molecule is CC1=C(CNCc2ccccc2)CN(CC(=O)OC(C)(C)C)C1=O. The first-order chi connectivity index (χ1) is 11.3. The van der Waals surface area contributed by atoms with Gasteiger partial charge in [0.15, 0.2) is 0 Å². The molecule has 0 spiro atoms. The van der Waals surface area contributed by atoms with Crippen molar-refractivity contribution in [2.45, 2.75) is 39.8 Å². The number of carbonyl (C=O) groups excluding carboxylic acids is 2. The fraction of sp³-hybridized carbons (Fsp3) is 0.474. The molecule has 0 unspecified atom stereocenters. The topological polar surface area (TPSA) is 58.6 Å². The summed E-state index contributed by atoms with van der Waals surface area (Å²) < 4.78 is 5.29. The summed E-state index contributed by atoms with van der Waals surface area (Å²) in [5.41, 5.74) is 2.41. The summed E-state index contributed by atoms with van der Waals surface area (Å²) in [7, 11) is 0. The summed E-state index contributed by atoms with van der Waals surface area (Å²) in [4.78, 5) is 25.7. The lowest BCUT2D eigenvalue weighted by atomic mass is 10.1. The summed E-state index contributed by atoms with van der Waals surface area (Å²) in [5.74, 6) is -0.459. The van der Waals surface area contributed by atoms with Crippen LogP contribution in [0.2, 0.25) is 0 Å². The number of carbonyl (C=O) groups is 2. The molecule has 5 heteroatoms. The van der Waals surface area contributed by atoms with E-state index in [1.54, 1.807) is 4.90 Å². The molecular weight excluding hydrogens is 304 g/mol. The van der Waals surface area contributed by atoms with Crippen LogP contribution in [0.1, 0.15) is 33.3 Å². The summed E-state index contributed by atoms with van der Waals surface area (Å²) in [6.07, 6.45) is 0. The predicted octanol–water partition coefficient (Wildman–Crippen LogP) is 2.28. The maximum absolute atomic E-state index is 12.3. The van der Waals surface area contributed by atoms with Crippen molar-refractivity contribution in [1.29, 1.82) is 0 Å². The van der Waals surface area contributed by atoms with Crippen molar-refractivity contribution in [3.63, 3.8) is 0 Å². The average molecular weight is 330 g/mol. The largest absolute Gasteiger partial charge is 0.459 e. The molecule has 0 aromatic heterocycles. The highest BCUT2D eigenvalue weighted by Gasteiger charge is 2.29. The molecule has 0 radical (unpaired) electrons. The summed E-state index contributed by atoms with van der Waals surface area (Å²) >= 11 is 0. The quantitative estimate of drug-likeness (QED) is 0.813. The molecule has 0 bridgehead atoms. The van der Waals surface area contributed by atoms with Crippen molar-refractivity contribution in [2.24, 2.45) is 0 Å². The number of esters is 1. The van der Waals surface area contributed by atoms with Crippen molar-refractivity contribution in [1.82, 2.24) is 10.2 Å². The van der Waals surface area contributed by atoms with Crippen LogP contribution < -0.4 is 5.32 Å². The second-order valence-corrected chi connectivity index (χ2v) is 7.07. The van der Waals surface area contributed by atoms with E-state index in [0.717, 1.165) is 17.7 Å². The number of nitrogens with zero attached hydrogens (tertiary/aromatic N) is 1. The van der Waals surface area contributed by atoms with Gasteiger partial charge in [0.25, 0.3) is 0 Å². The van der Waals surface area contributed by atoms with Crippen LogP contribution in [0.4, 0.5) is 0 Å². The minimum Gasteiger partial charge on any atom is -0.459 e. The number of nitrogens with one attached hydrogen (secondary N) is 1. The Morgan fingerprint density at radius 2 is 1.88 bits per heavy atom. The Morgan fingerprint density at radius 1 is 1.21 bits per heavy atom. The van der Waals surface area contributed by atoms with Crippen LogP contribution in [-0.4, -0.2) is 42.0 Å². The molecule has 130 valence electrons. The molecule has 0 saturated heterocycles. The number of ether oxygens (including phenoxy) is 1. The Kier molecular flexibility index (Phi) is 5.78. The molecular formula is C19H26N2O3. The van der Waals surface area contributed by atoms with E-state index < -0.39 is 5.60 Å². The first kappa shape index (κ1) is 18.2. The zero-order valence-electron chi connectivity index (χ0n) is 14.9. The Bertz CT molecular complexity index is 630. The zero-order valence-corrected chi connectivity index (χ0v) is 14.9. The predicted molar refractivity (Wildman–Crippen MR) is 93.3 cm³/mol. The summed E-state index contributed by atoms with van der Waals surface area (Å²) in [6.45, 7) is 9.13. The molecule has 2 rings (SSSR count). The first-order valence-electron chi connectivity index (χ1n) is 8.20. The van der Waals surface area contributed by atoms with Crippen LogP contribution in [0, 0.1) is 0 Å². The van der Waals surface area contributed by atoms with Gasteiger partial charge in [0.05, 0.1) is 0 Å². The van der Waals surface area contributed by atoms with Gasteiger partial charge in [-0.2, -0.15) is 0 Å². The second kappa shape index (κ2) is 7.62. The van der Waals surface area contributed by atoms with Gasteiger partial charge < -0.3 is 15.0 Å². The van der Waals surface area contributed by atoms with Gasteiger partial charge in [-0.3, -0.25) is 9.59 Å². The van der Waals surface area contributed by atoms with Crippen LogP contribution in [0.5, 0.6) is 0 Å². The minimum atomic E-state index is -0.539. The molecule has 1 amide bonds. The highest BCUT2D eigenvalue weighted by Crippen LogP contribution is 2.19. The summed E-state index contributed by atoms with van der Waals surface area (Å²) in [6, 6.07) is 10.1. The van der Waals surface area contributed by atoms with Crippen molar-refractivity contribution in [2.75, 3.05) is 19.6 Å². The molecule has 1 heterocycles. The third kappa shape index (κ3) is 5.20. The molecule has 1 N–H and O–H groups in total. The van der Waals surface area contributed by atoms with Crippen molar-refractivity contribution in [3.05, 3.63) is 47.0 Å². The molecule has 0 fully saturated rings. The van der Waals surface area contributed by atoms with Gasteiger partial charge in [-0.25, -0.2) is 0 Å². The summed E-state index contributed by atoms with van der Waals surface area (Å²) in [5, 5.41) is 3.35. The smallest absolute Gasteiger partial charge is 0.326 e. The lowest BCUT2D eigenvalue weighted by Crippen LogP contribution is -2.37. The van der Waals surface area contributed by atoms with E-state index in [2.05, 4.69) is 17.4 Å². The van der Waals surface area contributed by atoms with Crippen molar-refractivity contribution < 1.29 is 14.3 Å². The van der Waals surface area contributed by atoms with Crippen LogP contribution >= 0.6 is 0 Å². The number of rotatable bonds is 6. The van der Waals surface area contributed by atoms with Crippen LogP contribution in [0.25, 0.3) is 0 Å². The molecule has 1 aliphatic rings. The van der Waals surface area contributed by atoms with Gasteiger partial charge in [0.1, 0.15) is 12.1 Å². The number of amides is 1.